The van der Waals surface area contributed by atoms with E-state index in [4.69, 9.17) is 17.5 Å². The average molecular weight is 286 g/mol. The number of rotatable bonds is 3. The standard InChI is InChI=1S/C15H18N4S/c16-10-12-6-8-13(9-7-12)11-17-19-15(20)18-14-4-2-1-3-5-14/h6-9,11,14H,1-5H2,(H2,18,19,20). The van der Waals surface area contributed by atoms with Crippen LogP contribution in [-0.2, 0) is 0 Å². The molecule has 1 fully saturated rings. The Balaban J connectivity index is 1.77. The van der Waals surface area contributed by atoms with Crippen molar-refractivity contribution in [1.82, 2.24) is 10.7 Å². The van der Waals surface area contributed by atoms with Gasteiger partial charge in [-0.1, -0.05) is 31.4 Å². The second-order valence-electron chi connectivity index (χ2n) is 4.91. The minimum Gasteiger partial charge on any atom is -0.359 e. The third-order valence-electron chi connectivity index (χ3n) is 3.36. The third-order valence-corrected chi connectivity index (χ3v) is 3.57. The fourth-order valence-corrected chi connectivity index (χ4v) is 2.49. The van der Waals surface area contributed by atoms with E-state index >= 15 is 0 Å². The van der Waals surface area contributed by atoms with Crippen LogP contribution in [0.4, 0.5) is 0 Å². The summed E-state index contributed by atoms with van der Waals surface area (Å²) in [5, 5.41) is 16.7. The number of nitrogens with one attached hydrogen (secondary N) is 2. The second-order valence-corrected chi connectivity index (χ2v) is 5.32. The van der Waals surface area contributed by atoms with Gasteiger partial charge in [0.25, 0.3) is 0 Å². The quantitative estimate of drug-likeness (QED) is 0.509. The lowest BCUT2D eigenvalue weighted by Crippen LogP contribution is -2.40. The Hall–Kier alpha value is -1.93. The molecule has 0 atom stereocenters. The molecule has 1 aliphatic rings. The largest absolute Gasteiger partial charge is 0.359 e. The molecule has 1 saturated carbocycles. The molecule has 0 radical (unpaired) electrons. The lowest BCUT2D eigenvalue weighted by molar-refractivity contribution is 0.412. The lowest BCUT2D eigenvalue weighted by atomic mass is 9.96. The predicted octanol–water partition coefficient (Wildman–Crippen LogP) is 2.69. The van der Waals surface area contributed by atoms with Gasteiger partial charge in [0.1, 0.15) is 0 Å². The molecule has 2 rings (SSSR count). The Labute approximate surface area is 124 Å². The highest BCUT2D eigenvalue weighted by molar-refractivity contribution is 7.80. The Morgan fingerprint density at radius 3 is 2.60 bits per heavy atom. The molecular formula is C15H18N4S. The van der Waals surface area contributed by atoms with E-state index in [2.05, 4.69) is 21.9 Å². The molecule has 0 aliphatic heterocycles. The van der Waals surface area contributed by atoms with Crippen LogP contribution in [0.25, 0.3) is 0 Å². The molecule has 1 aromatic carbocycles. The van der Waals surface area contributed by atoms with Crippen LogP contribution >= 0.6 is 12.2 Å². The van der Waals surface area contributed by atoms with Gasteiger partial charge in [-0.3, -0.25) is 5.43 Å². The maximum Gasteiger partial charge on any atom is 0.187 e. The number of nitriles is 1. The van der Waals surface area contributed by atoms with Crippen molar-refractivity contribution in [2.24, 2.45) is 5.10 Å². The van der Waals surface area contributed by atoms with E-state index in [1.54, 1.807) is 18.3 Å². The average Bonchev–Trinajstić information content (AvgIpc) is 2.49. The fourth-order valence-electron chi connectivity index (χ4n) is 2.27. The molecule has 0 spiro atoms. The molecular weight excluding hydrogens is 268 g/mol. The zero-order valence-electron chi connectivity index (χ0n) is 11.3. The molecule has 104 valence electrons. The number of hydrogen-bond donors (Lipinski definition) is 2. The van der Waals surface area contributed by atoms with Crippen molar-refractivity contribution >= 4 is 23.5 Å². The summed E-state index contributed by atoms with van der Waals surface area (Å²) in [6.45, 7) is 0. The van der Waals surface area contributed by atoms with Crippen LogP contribution in [0, 0.1) is 11.3 Å². The molecule has 0 bridgehead atoms. The molecule has 1 aliphatic carbocycles. The van der Waals surface area contributed by atoms with Crippen LogP contribution in [0.1, 0.15) is 43.2 Å². The van der Waals surface area contributed by atoms with Crippen molar-refractivity contribution in [3.63, 3.8) is 0 Å². The van der Waals surface area contributed by atoms with E-state index in [1.165, 1.54) is 32.1 Å². The smallest absolute Gasteiger partial charge is 0.187 e. The minimum atomic E-state index is 0.480. The first-order chi connectivity index (χ1) is 9.78. The predicted molar refractivity (Wildman–Crippen MR) is 84.5 cm³/mol. The van der Waals surface area contributed by atoms with Crippen molar-refractivity contribution in [2.45, 2.75) is 38.1 Å². The summed E-state index contributed by atoms with van der Waals surface area (Å²) < 4.78 is 0. The second kappa shape index (κ2) is 7.61. The van der Waals surface area contributed by atoms with Gasteiger partial charge in [-0.15, -0.1) is 0 Å². The van der Waals surface area contributed by atoms with Crippen molar-refractivity contribution in [1.29, 1.82) is 5.26 Å². The summed E-state index contributed by atoms with van der Waals surface area (Å²) in [5.41, 5.74) is 4.40. The Morgan fingerprint density at radius 2 is 1.95 bits per heavy atom. The molecule has 0 aromatic heterocycles. The third kappa shape index (κ3) is 4.63. The van der Waals surface area contributed by atoms with E-state index in [0.717, 1.165) is 5.56 Å². The van der Waals surface area contributed by atoms with Crippen LogP contribution in [-0.4, -0.2) is 17.4 Å². The van der Waals surface area contributed by atoms with Crippen molar-refractivity contribution < 1.29 is 0 Å². The van der Waals surface area contributed by atoms with Gasteiger partial charge in [0, 0.05) is 6.04 Å². The van der Waals surface area contributed by atoms with E-state index < -0.39 is 0 Å². The highest BCUT2D eigenvalue weighted by Crippen LogP contribution is 2.17. The van der Waals surface area contributed by atoms with Crippen molar-refractivity contribution in [3.05, 3.63) is 35.4 Å². The Bertz CT molecular complexity index is 510. The van der Waals surface area contributed by atoms with Gasteiger partial charge in [0.15, 0.2) is 5.11 Å². The summed E-state index contributed by atoms with van der Waals surface area (Å²) in [6, 6.07) is 9.79. The van der Waals surface area contributed by atoms with Gasteiger partial charge in [-0.25, -0.2) is 0 Å². The first kappa shape index (κ1) is 14.5. The zero-order chi connectivity index (χ0) is 14.2. The van der Waals surface area contributed by atoms with Gasteiger partial charge >= 0.3 is 0 Å². The molecule has 0 heterocycles. The molecule has 0 unspecified atom stereocenters. The Morgan fingerprint density at radius 1 is 1.25 bits per heavy atom. The number of nitrogens with zero attached hydrogens (tertiary/aromatic N) is 2. The SMILES string of the molecule is N#Cc1ccc(C=NNC(=S)NC2CCCCC2)cc1. The normalized spacial score (nSPS) is 15.8. The van der Waals surface area contributed by atoms with E-state index in [0.29, 0.717) is 16.7 Å². The van der Waals surface area contributed by atoms with E-state index in [1.807, 2.05) is 12.1 Å². The topological polar surface area (TPSA) is 60.2 Å². The highest BCUT2D eigenvalue weighted by Gasteiger charge is 2.13. The van der Waals surface area contributed by atoms with Crippen LogP contribution in [0.3, 0.4) is 0 Å². The highest BCUT2D eigenvalue weighted by atomic mass is 32.1. The maximum atomic E-state index is 8.71. The first-order valence-corrected chi connectivity index (χ1v) is 7.28. The van der Waals surface area contributed by atoms with Crippen LogP contribution < -0.4 is 10.7 Å². The maximum absolute atomic E-state index is 8.71. The van der Waals surface area contributed by atoms with Crippen LogP contribution in [0.5, 0.6) is 0 Å². The lowest BCUT2D eigenvalue weighted by Gasteiger charge is -2.23. The summed E-state index contributed by atoms with van der Waals surface area (Å²) in [5.74, 6) is 0. The summed E-state index contributed by atoms with van der Waals surface area (Å²) in [7, 11) is 0. The van der Waals surface area contributed by atoms with E-state index in [-0.39, 0.29) is 0 Å². The molecule has 4 nitrogen and oxygen atoms in total. The van der Waals surface area contributed by atoms with Gasteiger partial charge in [0.05, 0.1) is 17.8 Å². The molecule has 0 saturated heterocycles. The zero-order valence-corrected chi connectivity index (χ0v) is 12.1. The van der Waals surface area contributed by atoms with Gasteiger partial charge in [-0.2, -0.15) is 10.4 Å². The van der Waals surface area contributed by atoms with Crippen LogP contribution in [0.15, 0.2) is 29.4 Å². The molecule has 2 N–H and O–H groups in total. The monoisotopic (exact) mass is 286 g/mol. The number of benzene rings is 1. The van der Waals surface area contributed by atoms with Crippen molar-refractivity contribution in [2.75, 3.05) is 0 Å². The molecule has 20 heavy (non-hydrogen) atoms. The fraction of sp³-hybridized carbons (Fsp3) is 0.400. The van der Waals surface area contributed by atoms with Gasteiger partial charge in [-0.05, 0) is 42.8 Å². The summed E-state index contributed by atoms with van der Waals surface area (Å²) in [4.78, 5) is 0. The Kier molecular flexibility index (Phi) is 5.51. The summed E-state index contributed by atoms with van der Waals surface area (Å²) >= 11 is 5.21. The number of hydrogen-bond acceptors (Lipinski definition) is 3. The van der Waals surface area contributed by atoms with Gasteiger partial charge < -0.3 is 5.32 Å². The molecule has 1 aromatic rings. The molecule has 5 heteroatoms. The van der Waals surface area contributed by atoms with Crippen molar-refractivity contribution in [3.8, 4) is 6.07 Å². The minimum absolute atomic E-state index is 0.480. The first-order valence-electron chi connectivity index (χ1n) is 6.87. The summed E-state index contributed by atoms with van der Waals surface area (Å²) in [6.07, 6.45) is 7.93. The van der Waals surface area contributed by atoms with E-state index in [9.17, 15) is 0 Å². The number of hydrazone groups is 1. The number of thiocarbonyl (C=S) groups is 1. The van der Waals surface area contributed by atoms with Crippen LogP contribution in [0.2, 0.25) is 0 Å². The molecule has 0 amide bonds. The van der Waals surface area contributed by atoms with Gasteiger partial charge in [0.2, 0.25) is 0 Å².